The second kappa shape index (κ2) is 4.58. The molecule has 0 unspecified atom stereocenters. The number of fused-ring (bicyclic) bond motifs is 1. The van der Waals surface area contributed by atoms with E-state index < -0.39 is 0 Å². The highest BCUT2D eigenvalue weighted by atomic mass is 14.1. The number of aryl methyl sites for hydroxylation is 1. The van der Waals surface area contributed by atoms with Crippen LogP contribution in [-0.2, 0) is 0 Å². The average molecular weight is 222 g/mol. The second-order valence-corrected chi connectivity index (χ2v) is 4.53. The molecule has 0 saturated heterocycles. The van der Waals surface area contributed by atoms with Gasteiger partial charge in [-0.15, -0.1) is 0 Å². The van der Waals surface area contributed by atoms with Crippen molar-refractivity contribution in [3.05, 3.63) is 58.7 Å². The first-order valence-corrected chi connectivity index (χ1v) is 5.93. The summed E-state index contributed by atoms with van der Waals surface area (Å²) in [5.41, 5.74) is 7.58. The van der Waals surface area contributed by atoms with Crippen LogP contribution in [0.25, 0.3) is 24.3 Å². The maximum Gasteiger partial charge on any atom is -0.0108 e. The minimum Gasteiger partial charge on any atom is -0.0984 e. The summed E-state index contributed by atoms with van der Waals surface area (Å²) >= 11 is 0. The molecule has 0 amide bonds. The number of benzene rings is 1. The summed E-state index contributed by atoms with van der Waals surface area (Å²) in [7, 11) is 0. The standard InChI is InChI=1S/C17H18/c1-5-15-13(4)11-14-10-12(3)8-7-9-17(14)16(15)6-2/h5-7,9-11H,1-2,8H2,3-4H3. The molecule has 1 aliphatic rings. The first kappa shape index (κ1) is 11.7. The topological polar surface area (TPSA) is 0 Å². The molecule has 0 aromatic heterocycles. The molecule has 0 nitrogen and oxygen atoms in total. The van der Waals surface area contributed by atoms with Gasteiger partial charge in [0.25, 0.3) is 0 Å². The normalized spacial score (nSPS) is 13.6. The first-order valence-electron chi connectivity index (χ1n) is 5.93. The van der Waals surface area contributed by atoms with E-state index in [1.165, 1.54) is 33.4 Å². The van der Waals surface area contributed by atoms with Crippen molar-refractivity contribution in [1.29, 1.82) is 0 Å². The summed E-state index contributed by atoms with van der Waals surface area (Å²) in [4.78, 5) is 0. The van der Waals surface area contributed by atoms with Crippen molar-refractivity contribution in [1.82, 2.24) is 0 Å². The Balaban J connectivity index is 2.82. The van der Waals surface area contributed by atoms with Crippen molar-refractivity contribution >= 4 is 24.3 Å². The van der Waals surface area contributed by atoms with Crippen LogP contribution in [0, 0.1) is 6.92 Å². The van der Waals surface area contributed by atoms with Crippen LogP contribution in [0.4, 0.5) is 0 Å². The summed E-state index contributed by atoms with van der Waals surface area (Å²) in [6.45, 7) is 12.1. The Morgan fingerprint density at radius 2 is 1.82 bits per heavy atom. The van der Waals surface area contributed by atoms with Gasteiger partial charge in [0.1, 0.15) is 0 Å². The van der Waals surface area contributed by atoms with Crippen LogP contribution < -0.4 is 0 Å². The van der Waals surface area contributed by atoms with Gasteiger partial charge in [0, 0.05) is 0 Å². The molecule has 0 N–H and O–H groups in total. The Morgan fingerprint density at radius 1 is 1.12 bits per heavy atom. The molecule has 0 fully saturated rings. The fourth-order valence-corrected chi connectivity index (χ4v) is 2.39. The van der Waals surface area contributed by atoms with Gasteiger partial charge in [-0.3, -0.25) is 0 Å². The maximum absolute atomic E-state index is 3.94. The lowest BCUT2D eigenvalue weighted by Crippen LogP contribution is -1.94. The van der Waals surface area contributed by atoms with Crippen LogP contribution in [0.3, 0.4) is 0 Å². The third-order valence-electron chi connectivity index (χ3n) is 3.22. The van der Waals surface area contributed by atoms with Gasteiger partial charge in [-0.25, -0.2) is 0 Å². The van der Waals surface area contributed by atoms with E-state index >= 15 is 0 Å². The lowest BCUT2D eigenvalue weighted by Gasteiger charge is -2.13. The predicted molar refractivity (Wildman–Crippen MR) is 78.7 cm³/mol. The van der Waals surface area contributed by atoms with E-state index in [2.05, 4.69) is 51.3 Å². The fourth-order valence-electron chi connectivity index (χ4n) is 2.39. The van der Waals surface area contributed by atoms with Crippen LogP contribution >= 0.6 is 0 Å². The van der Waals surface area contributed by atoms with Crippen molar-refractivity contribution in [2.24, 2.45) is 0 Å². The molecule has 0 spiro atoms. The van der Waals surface area contributed by atoms with Gasteiger partial charge in [0.05, 0.1) is 0 Å². The van der Waals surface area contributed by atoms with Gasteiger partial charge < -0.3 is 0 Å². The highest BCUT2D eigenvalue weighted by molar-refractivity contribution is 5.82. The number of hydrogen-bond acceptors (Lipinski definition) is 0. The highest BCUT2D eigenvalue weighted by Gasteiger charge is 2.11. The Labute approximate surface area is 104 Å². The molecule has 0 bridgehead atoms. The molecule has 0 saturated carbocycles. The zero-order valence-electron chi connectivity index (χ0n) is 10.6. The molecule has 0 heteroatoms. The van der Waals surface area contributed by atoms with E-state index in [1.54, 1.807) is 0 Å². The van der Waals surface area contributed by atoms with Gasteiger partial charge in [-0.05, 0) is 48.1 Å². The summed E-state index contributed by atoms with van der Waals surface area (Å²) < 4.78 is 0. The van der Waals surface area contributed by atoms with Gasteiger partial charge >= 0.3 is 0 Å². The van der Waals surface area contributed by atoms with Crippen LogP contribution in [0.2, 0.25) is 0 Å². The summed E-state index contributed by atoms with van der Waals surface area (Å²) in [6.07, 6.45) is 11.6. The van der Waals surface area contributed by atoms with Crippen molar-refractivity contribution < 1.29 is 0 Å². The molecule has 0 heterocycles. The molecule has 2 rings (SSSR count). The van der Waals surface area contributed by atoms with Gasteiger partial charge in [-0.1, -0.05) is 55.2 Å². The van der Waals surface area contributed by atoms with E-state index in [1.807, 2.05) is 12.2 Å². The van der Waals surface area contributed by atoms with Crippen LogP contribution in [0.5, 0.6) is 0 Å². The molecule has 0 aliphatic heterocycles. The SMILES string of the molecule is C=Cc1c(C)cc2c(c1C=C)C=CCC(C)=C2. The number of allylic oxidation sites excluding steroid dienone is 2. The predicted octanol–water partition coefficient (Wildman–Crippen LogP) is 5.10. The summed E-state index contributed by atoms with van der Waals surface area (Å²) in [6, 6.07) is 2.23. The monoisotopic (exact) mass is 222 g/mol. The maximum atomic E-state index is 3.94. The van der Waals surface area contributed by atoms with Gasteiger partial charge in [-0.2, -0.15) is 0 Å². The van der Waals surface area contributed by atoms with E-state index in [4.69, 9.17) is 0 Å². The quantitative estimate of drug-likeness (QED) is 0.653. The van der Waals surface area contributed by atoms with Gasteiger partial charge in [0.15, 0.2) is 0 Å². The largest absolute Gasteiger partial charge is 0.0984 e. The highest BCUT2D eigenvalue weighted by Crippen LogP contribution is 2.30. The van der Waals surface area contributed by atoms with Crippen molar-refractivity contribution in [3.63, 3.8) is 0 Å². The molecule has 1 aromatic carbocycles. The average Bonchev–Trinajstić information content (AvgIpc) is 2.48. The summed E-state index contributed by atoms with van der Waals surface area (Å²) in [5, 5.41) is 0. The minimum atomic E-state index is 1.02. The van der Waals surface area contributed by atoms with E-state index in [0.29, 0.717) is 0 Å². The number of rotatable bonds is 2. The fraction of sp³-hybridized carbons (Fsp3) is 0.176. The van der Waals surface area contributed by atoms with E-state index in [0.717, 1.165) is 6.42 Å². The van der Waals surface area contributed by atoms with Crippen LogP contribution in [0.15, 0.2) is 30.9 Å². The third-order valence-corrected chi connectivity index (χ3v) is 3.22. The zero-order valence-corrected chi connectivity index (χ0v) is 10.6. The van der Waals surface area contributed by atoms with Crippen molar-refractivity contribution in [2.45, 2.75) is 20.3 Å². The van der Waals surface area contributed by atoms with Crippen molar-refractivity contribution in [2.75, 3.05) is 0 Å². The van der Waals surface area contributed by atoms with Gasteiger partial charge in [0.2, 0.25) is 0 Å². The zero-order chi connectivity index (χ0) is 12.4. The number of hydrogen-bond donors (Lipinski definition) is 0. The first-order chi connectivity index (χ1) is 8.17. The van der Waals surface area contributed by atoms with Crippen molar-refractivity contribution in [3.8, 4) is 0 Å². The van der Waals surface area contributed by atoms with E-state index in [-0.39, 0.29) is 0 Å². The molecule has 1 aliphatic carbocycles. The third kappa shape index (κ3) is 2.03. The molecule has 1 aromatic rings. The molecular formula is C17H18. The second-order valence-electron chi connectivity index (χ2n) is 4.53. The van der Waals surface area contributed by atoms with Crippen LogP contribution in [0.1, 0.15) is 41.2 Å². The molecule has 17 heavy (non-hydrogen) atoms. The van der Waals surface area contributed by atoms with E-state index in [9.17, 15) is 0 Å². The van der Waals surface area contributed by atoms with Crippen LogP contribution in [-0.4, -0.2) is 0 Å². The minimum absolute atomic E-state index is 1.02. The Kier molecular flexibility index (Phi) is 3.14. The molecule has 86 valence electrons. The summed E-state index contributed by atoms with van der Waals surface area (Å²) in [5.74, 6) is 0. The Hall–Kier alpha value is -1.82. The molecule has 0 radical (unpaired) electrons. The molecular weight excluding hydrogens is 204 g/mol. The Bertz CT molecular complexity index is 540. The molecule has 0 atom stereocenters. The Morgan fingerprint density at radius 3 is 2.47 bits per heavy atom. The lowest BCUT2D eigenvalue weighted by atomic mass is 9.91. The smallest absolute Gasteiger partial charge is 0.0108 e. The lowest BCUT2D eigenvalue weighted by molar-refractivity contribution is 1.24.